The van der Waals surface area contributed by atoms with E-state index in [1.54, 1.807) is 29.9 Å². The highest BCUT2D eigenvalue weighted by molar-refractivity contribution is 7.99. The molecule has 0 saturated heterocycles. The predicted molar refractivity (Wildman–Crippen MR) is 119 cm³/mol. The van der Waals surface area contributed by atoms with Gasteiger partial charge in [0.15, 0.2) is 5.16 Å². The topological polar surface area (TPSA) is 61.2 Å². The number of nitrogens with zero attached hydrogens (tertiary/aromatic N) is 2. The molecule has 0 fully saturated rings. The second-order valence-electron chi connectivity index (χ2n) is 7.25. The van der Waals surface area contributed by atoms with Crippen molar-refractivity contribution in [3.05, 3.63) is 45.1 Å². The highest BCUT2D eigenvalue weighted by Crippen LogP contribution is 2.36. The van der Waals surface area contributed by atoms with Gasteiger partial charge in [0.1, 0.15) is 16.4 Å². The number of ether oxygens (including phenoxy) is 1. The van der Waals surface area contributed by atoms with Crippen LogP contribution in [-0.4, -0.2) is 28.2 Å². The lowest BCUT2D eigenvalue weighted by Crippen LogP contribution is -2.23. The number of aryl methyl sites for hydroxylation is 2. The Morgan fingerprint density at radius 3 is 2.86 bits per heavy atom. The van der Waals surface area contributed by atoms with E-state index in [4.69, 9.17) is 9.72 Å². The summed E-state index contributed by atoms with van der Waals surface area (Å²) in [7, 11) is 1.61. The van der Waals surface area contributed by atoms with Gasteiger partial charge in [0.25, 0.3) is 5.56 Å². The molecule has 1 aromatic carbocycles. The molecule has 152 valence electrons. The van der Waals surface area contributed by atoms with E-state index in [9.17, 15) is 9.59 Å². The average Bonchev–Trinajstić information content (AvgIpc) is 3.10. The molecule has 5 nitrogen and oxygen atoms in total. The molecule has 0 N–H and O–H groups in total. The summed E-state index contributed by atoms with van der Waals surface area (Å²) in [5.41, 5.74) is 1.87. The van der Waals surface area contributed by atoms with Crippen LogP contribution in [0.3, 0.4) is 0 Å². The molecule has 2 aromatic heterocycles. The molecule has 0 spiro atoms. The lowest BCUT2D eigenvalue weighted by atomic mass is 9.97. The number of carbonyl (C=O) groups is 1. The standard InChI is InChI=1S/C22H24N2O3S2/c1-14(25)8-7-13-28-22-23-20-19(15-9-3-6-12-18(15)29-20)21(26)24(22)16-10-4-5-11-17(16)27-2/h4-5,10-11H,3,6-9,12-13H2,1-2H3. The Balaban J connectivity index is 1.87. The van der Waals surface area contributed by atoms with Crippen LogP contribution in [-0.2, 0) is 17.6 Å². The minimum Gasteiger partial charge on any atom is -0.495 e. The Morgan fingerprint density at radius 2 is 2.07 bits per heavy atom. The summed E-state index contributed by atoms with van der Waals surface area (Å²) in [5.74, 6) is 1.56. The maximum Gasteiger partial charge on any atom is 0.267 e. The number of aromatic nitrogens is 2. The van der Waals surface area contributed by atoms with E-state index in [1.807, 2.05) is 24.3 Å². The van der Waals surface area contributed by atoms with Gasteiger partial charge in [-0.15, -0.1) is 11.3 Å². The zero-order valence-electron chi connectivity index (χ0n) is 16.7. The van der Waals surface area contributed by atoms with Crippen molar-refractivity contribution in [3.8, 4) is 11.4 Å². The van der Waals surface area contributed by atoms with Crippen LogP contribution in [0.4, 0.5) is 0 Å². The summed E-state index contributed by atoms with van der Waals surface area (Å²) < 4.78 is 7.23. The van der Waals surface area contributed by atoms with Gasteiger partial charge in [-0.1, -0.05) is 23.9 Å². The Hall–Kier alpha value is -2.12. The lowest BCUT2D eigenvalue weighted by molar-refractivity contribution is -0.117. The van der Waals surface area contributed by atoms with Gasteiger partial charge in [0.05, 0.1) is 18.2 Å². The largest absolute Gasteiger partial charge is 0.495 e. The average molecular weight is 429 g/mol. The minimum atomic E-state index is -0.0204. The summed E-state index contributed by atoms with van der Waals surface area (Å²) >= 11 is 3.19. The van der Waals surface area contributed by atoms with Gasteiger partial charge in [-0.2, -0.15) is 0 Å². The van der Waals surface area contributed by atoms with Crippen LogP contribution < -0.4 is 10.3 Å². The van der Waals surface area contributed by atoms with Gasteiger partial charge < -0.3 is 9.53 Å². The van der Waals surface area contributed by atoms with Crippen LogP contribution >= 0.6 is 23.1 Å². The van der Waals surface area contributed by atoms with Crippen LogP contribution in [0.25, 0.3) is 15.9 Å². The summed E-state index contributed by atoms with van der Waals surface area (Å²) in [6.45, 7) is 1.61. The molecular weight excluding hydrogens is 404 g/mol. The molecule has 0 saturated carbocycles. The summed E-state index contributed by atoms with van der Waals surface area (Å²) in [4.78, 5) is 32.0. The smallest absolute Gasteiger partial charge is 0.267 e. The summed E-state index contributed by atoms with van der Waals surface area (Å²) in [5, 5.41) is 1.43. The molecule has 1 aliphatic carbocycles. The van der Waals surface area contributed by atoms with Crippen molar-refractivity contribution in [2.24, 2.45) is 0 Å². The summed E-state index contributed by atoms with van der Waals surface area (Å²) in [6.07, 6.45) is 5.58. The van der Waals surface area contributed by atoms with Crippen LogP contribution in [0, 0.1) is 0 Å². The number of rotatable bonds is 7. The summed E-state index contributed by atoms with van der Waals surface area (Å²) in [6, 6.07) is 7.55. The first-order valence-electron chi connectivity index (χ1n) is 9.93. The molecular formula is C22H24N2O3S2. The van der Waals surface area contributed by atoms with E-state index in [0.29, 0.717) is 23.0 Å². The molecule has 0 aliphatic heterocycles. The Bertz CT molecular complexity index is 1120. The number of carbonyl (C=O) groups excluding carboxylic acids is 1. The normalized spacial score (nSPS) is 13.4. The van der Waals surface area contributed by atoms with Crippen LogP contribution in [0.5, 0.6) is 5.75 Å². The van der Waals surface area contributed by atoms with Gasteiger partial charge in [-0.05, 0) is 56.7 Å². The van der Waals surface area contributed by atoms with Crippen LogP contribution in [0.15, 0.2) is 34.2 Å². The van der Waals surface area contributed by atoms with Crippen molar-refractivity contribution in [1.82, 2.24) is 9.55 Å². The fraction of sp³-hybridized carbons (Fsp3) is 0.409. The number of fused-ring (bicyclic) bond motifs is 3. The molecule has 0 unspecified atom stereocenters. The molecule has 1 aliphatic rings. The zero-order valence-corrected chi connectivity index (χ0v) is 18.3. The Labute approximate surface area is 178 Å². The Kier molecular flexibility index (Phi) is 6.06. The third kappa shape index (κ3) is 3.98. The number of benzene rings is 1. The molecule has 29 heavy (non-hydrogen) atoms. The fourth-order valence-electron chi connectivity index (χ4n) is 3.79. The molecule has 0 amide bonds. The Morgan fingerprint density at radius 1 is 1.28 bits per heavy atom. The third-order valence-electron chi connectivity index (χ3n) is 5.19. The zero-order chi connectivity index (χ0) is 20.4. The molecule has 4 rings (SSSR count). The van der Waals surface area contributed by atoms with Crippen molar-refractivity contribution < 1.29 is 9.53 Å². The number of thiophene rings is 1. The predicted octanol–water partition coefficient (Wildman–Crippen LogP) is 4.80. The third-order valence-corrected chi connectivity index (χ3v) is 7.40. The number of hydrogen-bond acceptors (Lipinski definition) is 6. The molecule has 0 radical (unpaired) electrons. The van der Waals surface area contributed by atoms with Crippen molar-refractivity contribution in [2.75, 3.05) is 12.9 Å². The molecule has 0 bridgehead atoms. The SMILES string of the molecule is COc1ccccc1-n1c(SCCCC(C)=O)nc2sc3c(c2c1=O)CCCC3. The molecule has 0 atom stereocenters. The van der Waals surface area contributed by atoms with Crippen molar-refractivity contribution >= 4 is 39.1 Å². The molecule has 7 heteroatoms. The first kappa shape index (κ1) is 20.2. The highest BCUT2D eigenvalue weighted by Gasteiger charge is 2.23. The first-order valence-corrected chi connectivity index (χ1v) is 11.7. The fourth-order valence-corrected chi connectivity index (χ4v) is 6.04. The van der Waals surface area contributed by atoms with Crippen LogP contribution in [0.1, 0.15) is 43.0 Å². The van der Waals surface area contributed by atoms with Gasteiger partial charge in [-0.3, -0.25) is 9.36 Å². The van der Waals surface area contributed by atoms with Crippen molar-refractivity contribution in [2.45, 2.75) is 50.6 Å². The number of ketones is 1. The van der Waals surface area contributed by atoms with Gasteiger partial charge in [0.2, 0.25) is 0 Å². The minimum absolute atomic E-state index is 0.0204. The van der Waals surface area contributed by atoms with Crippen molar-refractivity contribution in [1.29, 1.82) is 0 Å². The highest BCUT2D eigenvalue weighted by atomic mass is 32.2. The van der Waals surface area contributed by atoms with Gasteiger partial charge in [-0.25, -0.2) is 4.98 Å². The lowest BCUT2D eigenvalue weighted by Gasteiger charge is -2.15. The molecule has 3 aromatic rings. The van der Waals surface area contributed by atoms with Gasteiger partial charge in [0, 0.05) is 17.1 Å². The number of hydrogen-bond donors (Lipinski definition) is 0. The maximum atomic E-state index is 13.7. The second kappa shape index (κ2) is 8.71. The second-order valence-corrected chi connectivity index (χ2v) is 9.40. The maximum absolute atomic E-state index is 13.7. The first-order chi connectivity index (χ1) is 14.1. The van der Waals surface area contributed by atoms with E-state index in [0.717, 1.165) is 41.7 Å². The van der Waals surface area contributed by atoms with Gasteiger partial charge >= 0.3 is 0 Å². The van der Waals surface area contributed by atoms with E-state index in [1.165, 1.54) is 28.6 Å². The van der Waals surface area contributed by atoms with Crippen molar-refractivity contribution in [3.63, 3.8) is 0 Å². The van der Waals surface area contributed by atoms with Crippen LogP contribution in [0.2, 0.25) is 0 Å². The number of thioether (sulfide) groups is 1. The monoisotopic (exact) mass is 428 g/mol. The number of Topliss-reactive ketones (excluding diaryl/α,β-unsaturated/α-hetero) is 1. The van der Waals surface area contributed by atoms with E-state index >= 15 is 0 Å². The van der Waals surface area contributed by atoms with E-state index in [2.05, 4.69) is 0 Å². The van der Waals surface area contributed by atoms with E-state index < -0.39 is 0 Å². The molecule has 2 heterocycles. The number of para-hydroxylation sites is 2. The number of methoxy groups -OCH3 is 1. The van der Waals surface area contributed by atoms with E-state index in [-0.39, 0.29) is 11.3 Å². The quantitative estimate of drug-likeness (QED) is 0.307.